The summed E-state index contributed by atoms with van der Waals surface area (Å²) >= 11 is 0. The van der Waals surface area contributed by atoms with E-state index in [-0.39, 0.29) is 10.8 Å². The SMILES string of the molecule is CC1=CC2(c3ccc4c(c3-c3cc(C)c5c(C)cc(C)cc5c32)C(C)(C)C2=C4Cc3ccc(C(C)C)cc32)C(C2CCCCC2)C(C)=C1. The molecule has 0 N–H and O–H groups in total. The van der Waals surface area contributed by atoms with Crippen LogP contribution >= 0.6 is 0 Å². The lowest BCUT2D eigenvalue weighted by Gasteiger charge is -2.47. The molecule has 5 aliphatic rings. The van der Waals surface area contributed by atoms with Crippen molar-refractivity contribution in [2.75, 3.05) is 0 Å². The van der Waals surface area contributed by atoms with Crippen LogP contribution in [0.25, 0.3) is 33.0 Å². The maximum atomic E-state index is 2.75. The molecule has 0 amide bonds. The lowest BCUT2D eigenvalue weighted by atomic mass is 9.56. The summed E-state index contributed by atoms with van der Waals surface area (Å²) < 4.78 is 0. The van der Waals surface area contributed by atoms with Gasteiger partial charge in [-0.15, -0.1) is 0 Å². The molecule has 2 atom stereocenters. The maximum absolute atomic E-state index is 2.75. The monoisotopic (exact) mass is 628 g/mol. The summed E-state index contributed by atoms with van der Waals surface area (Å²) in [6.45, 7) is 21.6. The minimum atomic E-state index is -0.164. The summed E-state index contributed by atoms with van der Waals surface area (Å²) in [6.07, 6.45) is 13.1. The Hall–Kier alpha value is -3.64. The van der Waals surface area contributed by atoms with Gasteiger partial charge < -0.3 is 0 Å². The van der Waals surface area contributed by atoms with Gasteiger partial charge in [-0.1, -0.05) is 124 Å². The van der Waals surface area contributed by atoms with E-state index in [4.69, 9.17) is 0 Å². The van der Waals surface area contributed by atoms with Crippen LogP contribution in [0.15, 0.2) is 71.8 Å². The number of benzene rings is 4. The molecule has 0 aromatic heterocycles. The van der Waals surface area contributed by atoms with Crippen LogP contribution in [0.5, 0.6) is 0 Å². The fourth-order valence-electron chi connectivity index (χ4n) is 11.9. The molecule has 244 valence electrons. The summed E-state index contributed by atoms with van der Waals surface area (Å²) in [5.41, 5.74) is 24.0. The summed E-state index contributed by atoms with van der Waals surface area (Å²) in [5, 5.41) is 2.97. The molecule has 2 unspecified atom stereocenters. The quantitative estimate of drug-likeness (QED) is 0.207. The van der Waals surface area contributed by atoms with Crippen molar-refractivity contribution in [3.8, 4) is 11.1 Å². The number of hydrogen-bond acceptors (Lipinski definition) is 0. The van der Waals surface area contributed by atoms with E-state index in [2.05, 4.69) is 123 Å². The van der Waals surface area contributed by atoms with E-state index >= 15 is 0 Å². The standard InChI is InChI=1S/C48H52/c1-26(2)33-15-16-34-24-37-35-17-18-40-42(46(35)47(8,9)44(37)36(34)23-33)39-22-30(6)41-29(5)19-27(3)21-38(41)45(39)48(40)25-28(4)20-31(7)43(48)32-13-11-10-12-14-32/h15-23,25-26,32,43H,10-14,24H2,1-9H3. The van der Waals surface area contributed by atoms with Crippen LogP contribution in [-0.2, 0) is 17.3 Å². The summed E-state index contributed by atoms with van der Waals surface area (Å²) in [6, 6.07) is 20.1. The highest BCUT2D eigenvalue weighted by Gasteiger charge is 2.55. The predicted octanol–water partition coefficient (Wildman–Crippen LogP) is 13.0. The highest BCUT2D eigenvalue weighted by molar-refractivity contribution is 6.11. The van der Waals surface area contributed by atoms with Crippen molar-refractivity contribution in [2.45, 2.75) is 118 Å². The normalized spacial score (nSPS) is 23.8. The van der Waals surface area contributed by atoms with Gasteiger partial charge in [0, 0.05) is 10.8 Å². The van der Waals surface area contributed by atoms with Gasteiger partial charge in [0.15, 0.2) is 0 Å². The van der Waals surface area contributed by atoms with Crippen molar-refractivity contribution in [1.82, 2.24) is 0 Å². The molecular weight excluding hydrogens is 577 g/mol. The van der Waals surface area contributed by atoms with Gasteiger partial charge in [-0.05, 0) is 155 Å². The highest BCUT2D eigenvalue weighted by atomic mass is 14.6. The largest absolute Gasteiger partial charge is 0.0681 e. The Morgan fingerprint density at radius 1 is 0.750 bits per heavy atom. The second-order valence-electron chi connectivity index (χ2n) is 17.3. The average Bonchev–Trinajstić information content (AvgIpc) is 3.61. The summed E-state index contributed by atoms with van der Waals surface area (Å²) in [4.78, 5) is 0. The molecule has 4 aromatic carbocycles. The zero-order valence-electron chi connectivity index (χ0n) is 30.7. The lowest BCUT2D eigenvalue weighted by Crippen LogP contribution is -2.41. The zero-order chi connectivity index (χ0) is 33.4. The van der Waals surface area contributed by atoms with Crippen molar-refractivity contribution in [3.63, 3.8) is 0 Å². The molecule has 1 spiro atoms. The van der Waals surface area contributed by atoms with Crippen molar-refractivity contribution in [1.29, 1.82) is 0 Å². The van der Waals surface area contributed by atoms with E-state index in [1.54, 1.807) is 39.0 Å². The fourth-order valence-corrected chi connectivity index (χ4v) is 11.9. The first-order valence-corrected chi connectivity index (χ1v) is 18.9. The van der Waals surface area contributed by atoms with Gasteiger partial charge >= 0.3 is 0 Å². The van der Waals surface area contributed by atoms with Crippen molar-refractivity contribution < 1.29 is 0 Å². The molecule has 4 aromatic rings. The van der Waals surface area contributed by atoms with Crippen LogP contribution in [0.4, 0.5) is 0 Å². The Bertz CT molecular complexity index is 2180. The average molecular weight is 629 g/mol. The molecule has 0 heteroatoms. The number of hydrogen-bond donors (Lipinski definition) is 0. The van der Waals surface area contributed by atoms with E-state index in [1.807, 2.05) is 0 Å². The van der Waals surface area contributed by atoms with E-state index in [9.17, 15) is 0 Å². The van der Waals surface area contributed by atoms with Crippen molar-refractivity contribution in [3.05, 3.63) is 127 Å². The van der Waals surface area contributed by atoms with Gasteiger partial charge in [-0.2, -0.15) is 0 Å². The Labute approximate surface area is 289 Å². The third kappa shape index (κ3) is 3.84. The molecule has 1 fully saturated rings. The van der Waals surface area contributed by atoms with E-state index in [0.29, 0.717) is 17.8 Å². The zero-order valence-corrected chi connectivity index (χ0v) is 30.7. The van der Waals surface area contributed by atoms with Gasteiger partial charge in [0.25, 0.3) is 0 Å². The van der Waals surface area contributed by atoms with Crippen LogP contribution in [-0.4, -0.2) is 0 Å². The Morgan fingerprint density at radius 2 is 1.50 bits per heavy atom. The van der Waals surface area contributed by atoms with Crippen molar-refractivity contribution in [2.24, 2.45) is 11.8 Å². The first-order chi connectivity index (χ1) is 22.9. The molecule has 0 nitrogen and oxygen atoms in total. The van der Waals surface area contributed by atoms with Crippen LogP contribution < -0.4 is 0 Å². The molecule has 1 saturated carbocycles. The number of allylic oxidation sites excluding steroid dienone is 6. The predicted molar refractivity (Wildman–Crippen MR) is 206 cm³/mol. The van der Waals surface area contributed by atoms with Gasteiger partial charge in [-0.25, -0.2) is 0 Å². The van der Waals surface area contributed by atoms with Gasteiger partial charge in [0.1, 0.15) is 0 Å². The van der Waals surface area contributed by atoms with Gasteiger partial charge in [0.2, 0.25) is 0 Å². The van der Waals surface area contributed by atoms with Gasteiger partial charge in [-0.3, -0.25) is 0 Å². The fraction of sp³-hybridized carbons (Fsp3) is 0.417. The second-order valence-corrected chi connectivity index (χ2v) is 17.3. The van der Waals surface area contributed by atoms with E-state index < -0.39 is 0 Å². The lowest BCUT2D eigenvalue weighted by molar-refractivity contribution is 0.227. The summed E-state index contributed by atoms with van der Waals surface area (Å²) in [5.74, 6) is 1.70. The molecule has 0 bridgehead atoms. The first-order valence-electron chi connectivity index (χ1n) is 18.9. The van der Waals surface area contributed by atoms with Crippen LogP contribution in [0, 0.1) is 32.6 Å². The third-order valence-electron chi connectivity index (χ3n) is 13.4. The van der Waals surface area contributed by atoms with Crippen LogP contribution in [0.3, 0.4) is 0 Å². The molecule has 48 heavy (non-hydrogen) atoms. The molecule has 9 rings (SSSR count). The minimum absolute atomic E-state index is 0.0797. The molecular formula is C48H52. The highest BCUT2D eigenvalue weighted by Crippen LogP contribution is 2.67. The smallest absolute Gasteiger partial charge is 0.0473 e. The maximum Gasteiger partial charge on any atom is 0.0473 e. The molecule has 0 heterocycles. The van der Waals surface area contributed by atoms with Crippen molar-refractivity contribution >= 4 is 21.9 Å². The number of rotatable bonds is 2. The van der Waals surface area contributed by atoms with E-state index in [0.717, 1.165) is 6.42 Å². The number of aryl methyl sites for hydroxylation is 3. The first kappa shape index (κ1) is 30.4. The molecule has 5 aliphatic carbocycles. The topological polar surface area (TPSA) is 0 Å². The summed E-state index contributed by atoms with van der Waals surface area (Å²) in [7, 11) is 0. The molecule has 0 radical (unpaired) electrons. The molecule has 0 aliphatic heterocycles. The Balaban J connectivity index is 1.39. The van der Waals surface area contributed by atoms with Crippen LogP contribution in [0.1, 0.15) is 135 Å². The number of fused-ring (bicyclic) bond motifs is 12. The Kier molecular flexibility index (Phi) is 6.46. The van der Waals surface area contributed by atoms with E-state index in [1.165, 1.54) is 93.0 Å². The second kappa shape index (κ2) is 10.2. The molecule has 0 saturated heterocycles. The third-order valence-corrected chi connectivity index (χ3v) is 13.4. The minimum Gasteiger partial charge on any atom is -0.0681 e. The Morgan fingerprint density at radius 3 is 2.25 bits per heavy atom. The van der Waals surface area contributed by atoms with Crippen LogP contribution in [0.2, 0.25) is 0 Å². The van der Waals surface area contributed by atoms with Gasteiger partial charge in [0.05, 0.1) is 0 Å².